The van der Waals surface area contributed by atoms with Gasteiger partial charge in [0.1, 0.15) is 0 Å². The summed E-state index contributed by atoms with van der Waals surface area (Å²) in [6.07, 6.45) is 0. The molecule has 2 aromatic carbocycles. The number of anilines is 2. The summed E-state index contributed by atoms with van der Waals surface area (Å²) < 4.78 is 29.7. The van der Waals surface area contributed by atoms with Gasteiger partial charge in [0.2, 0.25) is 0 Å². The quantitative estimate of drug-likeness (QED) is 0.625. The molecule has 0 atom stereocenters. The van der Waals surface area contributed by atoms with Crippen LogP contribution >= 0.6 is 0 Å². The second-order valence-corrected chi connectivity index (χ2v) is 10.2. The summed E-state index contributed by atoms with van der Waals surface area (Å²) in [7, 11) is 0.211. The highest BCUT2D eigenvalue weighted by atomic mass is 32.2. The Kier molecular flexibility index (Phi) is 6.81. The molecular weight excluding hydrogens is 368 g/mol. The molecule has 4 nitrogen and oxygen atoms in total. The van der Waals surface area contributed by atoms with Gasteiger partial charge in [-0.15, -0.1) is 0 Å². The van der Waals surface area contributed by atoms with E-state index >= 15 is 0 Å². The third-order valence-corrected chi connectivity index (χ3v) is 6.50. The van der Waals surface area contributed by atoms with Crippen molar-refractivity contribution < 1.29 is 8.42 Å². The van der Waals surface area contributed by atoms with Crippen molar-refractivity contribution in [1.82, 2.24) is 0 Å². The predicted octanol–water partition coefficient (Wildman–Crippen LogP) is 5.92. The topological polar surface area (TPSA) is 49.4 Å². The SMILES string of the molecule is CC(C)c1cc(C(C)C)c(S(=O)(=O)Nc2ccc(N(C)C)cc2)c(C(C)C)c1. The first-order chi connectivity index (χ1) is 12.9. The number of nitrogens with zero attached hydrogens (tertiary/aromatic N) is 1. The predicted molar refractivity (Wildman–Crippen MR) is 120 cm³/mol. The van der Waals surface area contributed by atoms with Crippen LogP contribution in [0.5, 0.6) is 0 Å². The molecule has 0 aliphatic heterocycles. The first-order valence-corrected chi connectivity index (χ1v) is 11.4. The summed E-state index contributed by atoms with van der Waals surface area (Å²) in [6.45, 7) is 12.5. The number of hydrogen-bond acceptors (Lipinski definition) is 3. The van der Waals surface area contributed by atoms with Gasteiger partial charge in [-0.05, 0) is 58.7 Å². The summed E-state index contributed by atoms with van der Waals surface area (Å²) in [5.41, 5.74) is 4.54. The molecule has 2 aromatic rings. The Labute approximate surface area is 171 Å². The van der Waals surface area contributed by atoms with E-state index in [4.69, 9.17) is 0 Å². The third kappa shape index (κ3) is 4.88. The molecule has 154 valence electrons. The molecule has 0 saturated heterocycles. The Hall–Kier alpha value is -2.01. The van der Waals surface area contributed by atoms with Gasteiger partial charge in [-0.1, -0.05) is 53.7 Å². The monoisotopic (exact) mass is 402 g/mol. The average Bonchev–Trinajstić information content (AvgIpc) is 2.60. The number of benzene rings is 2. The van der Waals surface area contributed by atoms with Gasteiger partial charge in [0.25, 0.3) is 10.0 Å². The molecule has 0 heterocycles. The zero-order chi connectivity index (χ0) is 21.2. The van der Waals surface area contributed by atoms with Crippen LogP contribution in [0.15, 0.2) is 41.3 Å². The molecule has 0 radical (unpaired) electrons. The van der Waals surface area contributed by atoms with Gasteiger partial charge < -0.3 is 4.90 Å². The number of rotatable bonds is 7. The average molecular weight is 403 g/mol. The molecular formula is C23H34N2O2S. The van der Waals surface area contributed by atoms with Crippen molar-refractivity contribution >= 4 is 21.4 Å². The number of nitrogens with one attached hydrogen (secondary N) is 1. The van der Waals surface area contributed by atoms with Gasteiger partial charge in [-0.2, -0.15) is 0 Å². The van der Waals surface area contributed by atoms with E-state index in [-0.39, 0.29) is 11.8 Å². The van der Waals surface area contributed by atoms with E-state index in [1.807, 2.05) is 31.1 Å². The highest BCUT2D eigenvalue weighted by molar-refractivity contribution is 7.92. The maximum Gasteiger partial charge on any atom is 0.262 e. The highest BCUT2D eigenvalue weighted by Gasteiger charge is 2.27. The van der Waals surface area contributed by atoms with E-state index in [9.17, 15) is 8.42 Å². The molecule has 0 spiro atoms. The van der Waals surface area contributed by atoms with Crippen LogP contribution in [-0.4, -0.2) is 22.5 Å². The summed E-state index contributed by atoms with van der Waals surface area (Å²) in [5.74, 6) is 0.566. The minimum absolute atomic E-state index is 0.110. The van der Waals surface area contributed by atoms with Crippen LogP contribution in [0, 0.1) is 0 Å². The van der Waals surface area contributed by atoms with Crippen LogP contribution in [0.2, 0.25) is 0 Å². The first-order valence-electron chi connectivity index (χ1n) is 9.92. The minimum Gasteiger partial charge on any atom is -0.378 e. The Morgan fingerprint density at radius 2 is 1.25 bits per heavy atom. The normalized spacial score (nSPS) is 12.1. The number of sulfonamides is 1. The van der Waals surface area contributed by atoms with E-state index in [0.29, 0.717) is 16.5 Å². The van der Waals surface area contributed by atoms with Crippen molar-refractivity contribution in [2.24, 2.45) is 0 Å². The number of hydrogen-bond donors (Lipinski definition) is 1. The van der Waals surface area contributed by atoms with Crippen molar-refractivity contribution in [3.63, 3.8) is 0 Å². The van der Waals surface area contributed by atoms with Crippen molar-refractivity contribution in [1.29, 1.82) is 0 Å². The third-order valence-electron chi connectivity index (χ3n) is 4.98. The molecule has 0 aliphatic rings. The van der Waals surface area contributed by atoms with E-state index < -0.39 is 10.0 Å². The Bertz CT molecular complexity index is 883. The molecule has 0 aliphatic carbocycles. The Balaban J connectivity index is 2.59. The van der Waals surface area contributed by atoms with Gasteiger partial charge >= 0.3 is 0 Å². The molecule has 28 heavy (non-hydrogen) atoms. The fourth-order valence-electron chi connectivity index (χ4n) is 3.23. The lowest BCUT2D eigenvalue weighted by Crippen LogP contribution is -2.19. The molecule has 2 rings (SSSR count). The summed E-state index contributed by atoms with van der Waals surface area (Å²) in [4.78, 5) is 2.41. The summed E-state index contributed by atoms with van der Waals surface area (Å²) >= 11 is 0. The van der Waals surface area contributed by atoms with Crippen molar-refractivity contribution in [3.05, 3.63) is 53.1 Å². The summed E-state index contributed by atoms with van der Waals surface area (Å²) in [6, 6.07) is 11.5. The fourth-order valence-corrected chi connectivity index (χ4v) is 4.99. The zero-order valence-electron chi connectivity index (χ0n) is 18.4. The minimum atomic E-state index is -3.70. The van der Waals surface area contributed by atoms with Crippen molar-refractivity contribution in [3.8, 4) is 0 Å². The highest BCUT2D eigenvalue weighted by Crippen LogP contribution is 2.36. The maximum absolute atomic E-state index is 13.4. The van der Waals surface area contributed by atoms with Crippen molar-refractivity contribution in [2.75, 3.05) is 23.7 Å². The van der Waals surface area contributed by atoms with Crippen LogP contribution < -0.4 is 9.62 Å². The second kappa shape index (κ2) is 8.56. The van der Waals surface area contributed by atoms with Crippen LogP contribution in [0.25, 0.3) is 0 Å². The second-order valence-electron chi connectivity index (χ2n) is 8.54. The zero-order valence-corrected chi connectivity index (χ0v) is 19.2. The van der Waals surface area contributed by atoms with E-state index in [0.717, 1.165) is 16.8 Å². The van der Waals surface area contributed by atoms with E-state index in [1.54, 1.807) is 12.1 Å². The standard InChI is InChI=1S/C23H34N2O2S/c1-15(2)18-13-21(16(3)4)23(22(14-18)17(5)6)28(26,27)24-19-9-11-20(12-10-19)25(7)8/h9-17,24H,1-8H3. The Morgan fingerprint density at radius 3 is 1.61 bits per heavy atom. The molecule has 0 fully saturated rings. The largest absolute Gasteiger partial charge is 0.378 e. The maximum atomic E-state index is 13.4. The molecule has 5 heteroatoms. The molecule has 0 saturated carbocycles. The van der Waals surface area contributed by atoms with E-state index in [1.165, 1.54) is 5.56 Å². The van der Waals surface area contributed by atoms with Gasteiger partial charge in [-0.3, -0.25) is 4.72 Å². The van der Waals surface area contributed by atoms with Crippen LogP contribution in [0.4, 0.5) is 11.4 Å². The smallest absolute Gasteiger partial charge is 0.262 e. The van der Waals surface area contributed by atoms with Gasteiger partial charge in [-0.25, -0.2) is 8.42 Å². The Morgan fingerprint density at radius 1 is 0.786 bits per heavy atom. The lowest BCUT2D eigenvalue weighted by atomic mass is 9.89. The van der Waals surface area contributed by atoms with Gasteiger partial charge in [0.05, 0.1) is 4.90 Å². The molecule has 0 unspecified atom stereocenters. The molecule has 0 amide bonds. The lowest BCUT2D eigenvalue weighted by molar-refractivity contribution is 0.595. The van der Waals surface area contributed by atoms with E-state index in [2.05, 4.69) is 58.4 Å². The van der Waals surface area contributed by atoms with Crippen molar-refractivity contribution in [2.45, 2.75) is 64.2 Å². The first kappa shape index (κ1) is 22.3. The molecule has 0 bridgehead atoms. The fraction of sp³-hybridized carbons (Fsp3) is 0.478. The van der Waals surface area contributed by atoms with Gasteiger partial charge in [0.15, 0.2) is 0 Å². The molecule has 1 N–H and O–H groups in total. The van der Waals surface area contributed by atoms with Gasteiger partial charge in [0, 0.05) is 25.5 Å². The molecule has 0 aromatic heterocycles. The van der Waals surface area contributed by atoms with Crippen LogP contribution in [-0.2, 0) is 10.0 Å². The lowest BCUT2D eigenvalue weighted by Gasteiger charge is -2.23. The van der Waals surface area contributed by atoms with Crippen LogP contribution in [0.3, 0.4) is 0 Å². The summed E-state index contributed by atoms with van der Waals surface area (Å²) in [5, 5.41) is 0. The van der Waals surface area contributed by atoms with Crippen LogP contribution in [0.1, 0.15) is 76.0 Å².